The molecule has 0 spiro atoms. The molecule has 0 radical (unpaired) electrons. The van der Waals surface area contributed by atoms with Crippen molar-refractivity contribution in [2.45, 2.75) is 51.5 Å². The zero-order valence-electron chi connectivity index (χ0n) is 22.6. The van der Waals surface area contributed by atoms with Crippen molar-refractivity contribution in [2.75, 3.05) is 17.2 Å². The highest BCUT2D eigenvalue weighted by atomic mass is 32.2. The number of aromatic nitrogens is 1. The van der Waals surface area contributed by atoms with Crippen molar-refractivity contribution in [2.24, 2.45) is 5.41 Å². The predicted molar refractivity (Wildman–Crippen MR) is 165 cm³/mol. The van der Waals surface area contributed by atoms with E-state index >= 15 is 0 Å². The third-order valence-corrected chi connectivity index (χ3v) is 10.0. The molecule has 2 aliphatic rings. The van der Waals surface area contributed by atoms with Gasteiger partial charge in [-0.15, -0.1) is 0 Å². The fourth-order valence-corrected chi connectivity index (χ4v) is 8.22. The molecule has 0 saturated carbocycles. The first-order valence-electron chi connectivity index (χ1n) is 13.3. The van der Waals surface area contributed by atoms with Crippen LogP contribution >= 0.6 is 23.1 Å². The third-order valence-electron chi connectivity index (χ3n) is 6.97. The maximum Gasteiger partial charge on any atom is 0.264 e. The SMILES string of the molecule is CC[n+]1c(/C=C/C=C2C=C(/C=C3\Sc4ccccc4N3CCCS(=O)(=O)O)CC(C)(C)C/2)sc2ccccc21. The fourth-order valence-electron chi connectivity index (χ4n) is 5.42. The van der Waals surface area contributed by atoms with Crippen molar-refractivity contribution in [1.29, 1.82) is 0 Å². The lowest BCUT2D eigenvalue weighted by Gasteiger charge is -2.31. The smallest absolute Gasteiger partial charge is 0.264 e. The zero-order chi connectivity index (χ0) is 27.6. The molecule has 0 bridgehead atoms. The van der Waals surface area contributed by atoms with E-state index < -0.39 is 10.1 Å². The molecule has 0 unspecified atom stereocenters. The molecule has 39 heavy (non-hydrogen) atoms. The number of thioether (sulfide) groups is 1. The number of allylic oxidation sites excluding steroid dienone is 6. The van der Waals surface area contributed by atoms with Gasteiger partial charge in [0.25, 0.3) is 15.1 Å². The van der Waals surface area contributed by atoms with Crippen molar-refractivity contribution >= 4 is 55.2 Å². The topological polar surface area (TPSA) is 61.5 Å². The second-order valence-corrected chi connectivity index (χ2v) is 14.5. The van der Waals surface area contributed by atoms with Gasteiger partial charge in [-0.2, -0.15) is 13.0 Å². The molecule has 0 amide bonds. The number of hydrogen-bond acceptors (Lipinski definition) is 5. The van der Waals surface area contributed by atoms with Crippen LogP contribution in [0.5, 0.6) is 0 Å². The van der Waals surface area contributed by atoms with Gasteiger partial charge in [0, 0.05) is 23.6 Å². The third kappa shape index (κ3) is 6.74. The molecule has 5 rings (SSSR count). The molecule has 1 aromatic heterocycles. The van der Waals surface area contributed by atoms with Crippen LogP contribution in [0.25, 0.3) is 16.3 Å². The standard InChI is InChI=1S/C31H34N2O3S3/c1-4-32-25-12-5-7-14-27(25)37-29(32)16-9-11-23-19-24(22-31(2,3)21-23)20-30-33(17-10-18-39(34,35)36)26-13-6-8-15-28(26)38-30/h5-9,11-16,19-20H,4,10,17-18,21-22H2,1-3H3/p+1. The summed E-state index contributed by atoms with van der Waals surface area (Å²) in [6.45, 7) is 8.28. The summed E-state index contributed by atoms with van der Waals surface area (Å²) in [5.74, 6) is -0.240. The van der Waals surface area contributed by atoms with Gasteiger partial charge >= 0.3 is 0 Å². The lowest BCUT2D eigenvalue weighted by molar-refractivity contribution is -0.665. The van der Waals surface area contributed by atoms with E-state index in [9.17, 15) is 13.0 Å². The van der Waals surface area contributed by atoms with E-state index in [-0.39, 0.29) is 11.2 Å². The maximum absolute atomic E-state index is 11.3. The Labute approximate surface area is 240 Å². The molecule has 1 N–H and O–H groups in total. The highest BCUT2D eigenvalue weighted by Gasteiger charge is 2.28. The summed E-state index contributed by atoms with van der Waals surface area (Å²) < 4.78 is 35.5. The number of rotatable bonds is 8. The Morgan fingerprint density at radius 1 is 1.10 bits per heavy atom. The molecule has 204 valence electrons. The summed E-state index contributed by atoms with van der Waals surface area (Å²) in [4.78, 5) is 3.35. The van der Waals surface area contributed by atoms with Crippen LogP contribution in [-0.4, -0.2) is 25.3 Å². The Morgan fingerprint density at radius 3 is 2.67 bits per heavy atom. The van der Waals surface area contributed by atoms with Crippen LogP contribution in [0.15, 0.2) is 93.9 Å². The summed E-state index contributed by atoms with van der Waals surface area (Å²) in [7, 11) is -3.98. The lowest BCUT2D eigenvalue weighted by atomic mass is 9.75. The molecule has 1 aliphatic heterocycles. The van der Waals surface area contributed by atoms with Crippen LogP contribution in [0.3, 0.4) is 0 Å². The molecule has 0 atom stereocenters. The maximum atomic E-state index is 11.3. The van der Waals surface area contributed by atoms with Gasteiger partial charge in [0.15, 0.2) is 0 Å². The van der Waals surface area contributed by atoms with Gasteiger partial charge in [-0.05, 0) is 67.0 Å². The van der Waals surface area contributed by atoms with Gasteiger partial charge in [0.1, 0.15) is 11.2 Å². The van der Waals surface area contributed by atoms with Gasteiger partial charge < -0.3 is 4.90 Å². The van der Waals surface area contributed by atoms with E-state index in [1.807, 2.05) is 23.5 Å². The van der Waals surface area contributed by atoms with Crippen molar-refractivity contribution in [3.8, 4) is 0 Å². The van der Waals surface area contributed by atoms with Crippen LogP contribution in [-0.2, 0) is 16.7 Å². The molecule has 8 heteroatoms. The van der Waals surface area contributed by atoms with Crippen LogP contribution < -0.4 is 9.47 Å². The number of hydrogen-bond donors (Lipinski definition) is 1. The normalized spacial score (nSPS) is 19.4. The van der Waals surface area contributed by atoms with E-state index in [1.165, 1.54) is 26.4 Å². The van der Waals surface area contributed by atoms with Crippen molar-refractivity contribution in [1.82, 2.24) is 0 Å². The van der Waals surface area contributed by atoms with E-state index in [4.69, 9.17) is 0 Å². The van der Waals surface area contributed by atoms with Gasteiger partial charge in [-0.3, -0.25) is 4.55 Å². The quantitative estimate of drug-likeness (QED) is 0.220. The largest absolute Gasteiger partial charge is 0.335 e. The van der Waals surface area contributed by atoms with Gasteiger partial charge in [-0.25, -0.2) is 0 Å². The number of fused-ring (bicyclic) bond motifs is 2. The van der Waals surface area contributed by atoms with E-state index in [1.54, 1.807) is 11.8 Å². The van der Waals surface area contributed by atoms with E-state index in [0.29, 0.717) is 13.0 Å². The average Bonchev–Trinajstić information content (AvgIpc) is 3.39. The van der Waals surface area contributed by atoms with E-state index in [2.05, 4.69) is 97.0 Å². The van der Waals surface area contributed by atoms with Crippen LogP contribution in [0.2, 0.25) is 0 Å². The Bertz CT molecular complexity index is 1610. The number of thiazole rings is 1. The minimum atomic E-state index is -3.98. The Morgan fingerprint density at radius 2 is 1.87 bits per heavy atom. The molecular formula is C31H35N2O3S3+. The molecule has 3 aromatic rings. The second-order valence-electron chi connectivity index (χ2n) is 10.8. The molecule has 2 aromatic carbocycles. The van der Waals surface area contributed by atoms with Crippen LogP contribution in [0.1, 0.15) is 45.0 Å². The molecular weight excluding hydrogens is 545 g/mol. The molecule has 2 heterocycles. The molecule has 0 fully saturated rings. The first-order chi connectivity index (χ1) is 18.6. The average molecular weight is 580 g/mol. The number of para-hydroxylation sites is 2. The highest BCUT2D eigenvalue weighted by Crippen LogP contribution is 2.47. The summed E-state index contributed by atoms with van der Waals surface area (Å²) in [5, 5.41) is 2.34. The van der Waals surface area contributed by atoms with E-state index in [0.717, 1.165) is 35.0 Å². The minimum Gasteiger partial charge on any atom is -0.335 e. The second kappa shape index (κ2) is 11.5. The monoisotopic (exact) mass is 579 g/mol. The summed E-state index contributed by atoms with van der Waals surface area (Å²) in [6, 6.07) is 16.8. The Kier molecular flexibility index (Phi) is 8.19. The lowest BCUT2D eigenvalue weighted by Crippen LogP contribution is -2.33. The molecule has 5 nitrogen and oxygen atoms in total. The Balaban J connectivity index is 1.41. The number of nitrogens with zero attached hydrogens (tertiary/aromatic N) is 2. The van der Waals surface area contributed by atoms with Crippen molar-refractivity contribution < 1.29 is 17.5 Å². The van der Waals surface area contributed by atoms with Crippen LogP contribution in [0.4, 0.5) is 5.69 Å². The fraction of sp³-hybridized carbons (Fsp3) is 0.323. The first-order valence-corrected chi connectivity index (χ1v) is 16.6. The van der Waals surface area contributed by atoms with Gasteiger partial charge in [-0.1, -0.05) is 79.4 Å². The van der Waals surface area contributed by atoms with Crippen molar-refractivity contribution in [3.63, 3.8) is 0 Å². The number of benzene rings is 2. The zero-order valence-corrected chi connectivity index (χ0v) is 25.1. The summed E-state index contributed by atoms with van der Waals surface area (Å²) in [5.41, 5.74) is 5.07. The number of anilines is 1. The number of aryl methyl sites for hydroxylation is 1. The summed E-state index contributed by atoms with van der Waals surface area (Å²) >= 11 is 3.54. The van der Waals surface area contributed by atoms with Gasteiger partial charge in [0.05, 0.1) is 16.5 Å². The van der Waals surface area contributed by atoms with Crippen molar-refractivity contribution in [3.05, 3.63) is 94.0 Å². The molecule has 0 saturated heterocycles. The minimum absolute atomic E-state index is 0.133. The van der Waals surface area contributed by atoms with Gasteiger partial charge in [0.2, 0.25) is 5.52 Å². The first kappa shape index (κ1) is 27.9. The van der Waals surface area contributed by atoms with Crippen LogP contribution in [0, 0.1) is 5.41 Å². The predicted octanol–water partition coefficient (Wildman–Crippen LogP) is 7.63. The summed E-state index contributed by atoms with van der Waals surface area (Å²) in [6.07, 6.45) is 13.5. The highest BCUT2D eigenvalue weighted by molar-refractivity contribution is 8.03. The molecule has 1 aliphatic carbocycles. The Hall–Kier alpha value is -2.65.